The van der Waals surface area contributed by atoms with E-state index >= 15 is 4.39 Å². The minimum atomic E-state index is -1.35. The molecule has 4 heterocycles. The number of ether oxygens (including phenoxy) is 4. The number of methoxy groups -OCH3 is 1. The van der Waals surface area contributed by atoms with Crippen molar-refractivity contribution in [3.8, 4) is 17.6 Å². The van der Waals surface area contributed by atoms with Gasteiger partial charge in [0.2, 0.25) is 0 Å². The van der Waals surface area contributed by atoms with E-state index in [-0.39, 0.29) is 23.2 Å². The van der Waals surface area contributed by atoms with Gasteiger partial charge in [0.25, 0.3) is 5.79 Å². The highest BCUT2D eigenvalue weighted by Crippen LogP contribution is 2.52. The van der Waals surface area contributed by atoms with Gasteiger partial charge in [0, 0.05) is 38.7 Å². The Kier molecular flexibility index (Phi) is 6.48. The van der Waals surface area contributed by atoms with Crippen LogP contribution in [0.3, 0.4) is 0 Å². The number of nitriles is 1. The number of hydrogen-bond acceptors (Lipinski definition) is 9. The van der Waals surface area contributed by atoms with E-state index in [1.807, 2.05) is 36.4 Å². The number of esters is 1. The van der Waals surface area contributed by atoms with Crippen molar-refractivity contribution in [1.82, 2.24) is 14.5 Å². The highest BCUT2D eigenvalue weighted by molar-refractivity contribution is 5.93. The van der Waals surface area contributed by atoms with Gasteiger partial charge < -0.3 is 28.4 Å². The van der Waals surface area contributed by atoms with E-state index < -0.39 is 11.6 Å². The van der Waals surface area contributed by atoms with Crippen molar-refractivity contribution in [2.75, 3.05) is 31.7 Å². The number of imidazole rings is 1. The maximum Gasteiger partial charge on any atom is 0.337 e. The quantitative estimate of drug-likeness (QED) is 0.275. The number of nitrogens with zero attached hydrogens (tertiary/aromatic N) is 5. The summed E-state index contributed by atoms with van der Waals surface area (Å²) in [6.45, 7) is 5.45. The summed E-state index contributed by atoms with van der Waals surface area (Å²) >= 11 is 0. The molecule has 0 N–H and O–H groups in total. The molecule has 1 aromatic heterocycles. The molecule has 4 aliphatic rings. The third-order valence-electron chi connectivity index (χ3n) is 9.45. The second-order valence-corrected chi connectivity index (χ2v) is 12.2. The summed E-state index contributed by atoms with van der Waals surface area (Å²) in [5, 5.41) is 9.15. The van der Waals surface area contributed by atoms with E-state index in [0.717, 1.165) is 55.1 Å². The molecular formula is C34H32FN5O5. The Balaban J connectivity index is 1.03. The first-order chi connectivity index (χ1) is 21.8. The lowest BCUT2D eigenvalue weighted by Crippen LogP contribution is -2.46. The second-order valence-electron chi connectivity index (χ2n) is 12.2. The van der Waals surface area contributed by atoms with E-state index in [1.165, 1.54) is 13.2 Å². The van der Waals surface area contributed by atoms with Gasteiger partial charge in [0.1, 0.15) is 11.6 Å². The molecule has 11 heteroatoms. The molecule has 230 valence electrons. The molecule has 10 nitrogen and oxygen atoms in total. The van der Waals surface area contributed by atoms with Crippen LogP contribution in [0, 0.1) is 17.1 Å². The zero-order chi connectivity index (χ0) is 30.9. The molecule has 8 rings (SSSR count). The lowest BCUT2D eigenvalue weighted by atomic mass is 10.0. The van der Waals surface area contributed by atoms with Crippen LogP contribution in [-0.4, -0.2) is 65.4 Å². The highest BCUT2D eigenvalue weighted by Gasteiger charge is 2.51. The number of carbonyl (C=O) groups is 1. The van der Waals surface area contributed by atoms with E-state index in [0.29, 0.717) is 42.2 Å². The number of fused-ring (bicyclic) bond motifs is 3. The average molecular weight is 610 g/mol. The van der Waals surface area contributed by atoms with E-state index in [2.05, 4.69) is 14.4 Å². The summed E-state index contributed by atoms with van der Waals surface area (Å²) in [7, 11) is 1.39. The molecule has 0 bridgehead atoms. The first-order valence-electron chi connectivity index (χ1n) is 15.3. The number of anilines is 1. The van der Waals surface area contributed by atoms with Crippen LogP contribution >= 0.6 is 0 Å². The Hall–Kier alpha value is -4.66. The molecule has 3 aliphatic heterocycles. The second kappa shape index (κ2) is 10.5. The number of aromatic nitrogens is 2. The predicted molar refractivity (Wildman–Crippen MR) is 162 cm³/mol. The molecule has 1 aliphatic carbocycles. The van der Waals surface area contributed by atoms with E-state index in [4.69, 9.17) is 29.2 Å². The van der Waals surface area contributed by atoms with Gasteiger partial charge in [-0.3, -0.25) is 4.90 Å². The summed E-state index contributed by atoms with van der Waals surface area (Å²) in [4.78, 5) is 22.1. The number of rotatable bonds is 7. The van der Waals surface area contributed by atoms with Crippen LogP contribution in [0.15, 0.2) is 54.6 Å². The van der Waals surface area contributed by atoms with Crippen LogP contribution in [0.1, 0.15) is 47.1 Å². The zero-order valence-corrected chi connectivity index (χ0v) is 25.0. The Morgan fingerprint density at radius 1 is 1.16 bits per heavy atom. The van der Waals surface area contributed by atoms with Crippen molar-refractivity contribution in [3.05, 3.63) is 82.9 Å². The number of benzene rings is 3. The molecular weight excluding hydrogens is 577 g/mol. The first kappa shape index (κ1) is 27.9. The summed E-state index contributed by atoms with van der Waals surface area (Å²) in [5.41, 5.74) is 3.68. The third-order valence-corrected chi connectivity index (χ3v) is 9.45. The van der Waals surface area contributed by atoms with Crippen LogP contribution in [0.25, 0.3) is 11.0 Å². The van der Waals surface area contributed by atoms with Crippen LogP contribution < -0.4 is 14.4 Å². The zero-order valence-electron chi connectivity index (χ0n) is 25.0. The fraction of sp³-hybridized carbons (Fsp3) is 0.382. The van der Waals surface area contributed by atoms with Gasteiger partial charge in [0.15, 0.2) is 11.5 Å². The molecule has 1 saturated carbocycles. The topological polar surface area (TPSA) is 102 Å². The lowest BCUT2D eigenvalue weighted by Gasteiger charge is -2.36. The van der Waals surface area contributed by atoms with Crippen molar-refractivity contribution in [1.29, 1.82) is 5.26 Å². The van der Waals surface area contributed by atoms with Gasteiger partial charge in [-0.05, 0) is 61.4 Å². The summed E-state index contributed by atoms with van der Waals surface area (Å²) in [6.07, 6.45) is 2.15. The summed E-state index contributed by atoms with van der Waals surface area (Å²) in [6, 6.07) is 18.3. The Morgan fingerprint density at radius 2 is 2.02 bits per heavy atom. The van der Waals surface area contributed by atoms with Crippen molar-refractivity contribution < 1.29 is 28.1 Å². The maximum absolute atomic E-state index is 15.0. The minimum Gasteiger partial charge on any atom is -0.465 e. The van der Waals surface area contributed by atoms with Crippen LogP contribution in [-0.2, 0) is 28.4 Å². The van der Waals surface area contributed by atoms with E-state index in [1.54, 1.807) is 25.1 Å². The molecule has 3 fully saturated rings. The third kappa shape index (κ3) is 4.67. The first-order valence-corrected chi connectivity index (χ1v) is 15.3. The normalized spacial score (nSPS) is 25.0. The maximum atomic E-state index is 15.0. The van der Waals surface area contributed by atoms with Gasteiger partial charge in [0.05, 0.1) is 65.8 Å². The summed E-state index contributed by atoms with van der Waals surface area (Å²) in [5.74, 6) is -0.133. The van der Waals surface area contributed by atoms with Crippen molar-refractivity contribution in [2.24, 2.45) is 0 Å². The smallest absolute Gasteiger partial charge is 0.337 e. The molecule has 4 atom stereocenters. The van der Waals surface area contributed by atoms with Crippen molar-refractivity contribution in [3.63, 3.8) is 0 Å². The molecule has 4 aromatic rings. The van der Waals surface area contributed by atoms with Crippen molar-refractivity contribution in [2.45, 2.75) is 56.8 Å². The van der Waals surface area contributed by atoms with Crippen LogP contribution in [0.2, 0.25) is 0 Å². The molecule has 4 unspecified atom stereocenters. The standard InChI is InChI=1S/C34H32FN5O5/c1-34(23-8-6-20(17-36)14-24(23)35)44-30-5-3-4-26(32(30)45-34)39-12-11-38(28-16-29(28)39)19-31-37-25-9-7-21(33(41)42-2)15-27(25)40(31)18-22-10-13-43-22/h3-9,14-15,22,28-29H,10-13,16,18-19H2,1-2H3. The Labute approximate surface area is 259 Å². The minimum absolute atomic E-state index is 0.138. The molecule has 0 spiro atoms. The SMILES string of the molecule is COC(=O)c1ccc2nc(CN3CCN(c4cccc5c4OC(C)(c4ccc(C#N)cc4F)O5)C4CC43)n(CC3CCO3)c2c1. The largest absolute Gasteiger partial charge is 0.465 e. The van der Waals surface area contributed by atoms with E-state index in [9.17, 15) is 4.79 Å². The molecule has 3 aromatic carbocycles. The van der Waals surface area contributed by atoms with Gasteiger partial charge >= 0.3 is 5.97 Å². The number of para-hydroxylation sites is 1. The number of piperazine rings is 1. The lowest BCUT2D eigenvalue weighted by molar-refractivity contribution is -0.0705. The predicted octanol–water partition coefficient (Wildman–Crippen LogP) is 4.73. The van der Waals surface area contributed by atoms with Gasteiger partial charge in [-0.2, -0.15) is 5.26 Å². The number of carbonyl (C=O) groups excluding carboxylic acids is 1. The summed E-state index contributed by atoms with van der Waals surface area (Å²) < 4.78 is 40.5. The van der Waals surface area contributed by atoms with Crippen molar-refractivity contribution >= 4 is 22.7 Å². The fourth-order valence-corrected chi connectivity index (χ4v) is 6.92. The monoisotopic (exact) mass is 609 g/mol. The van der Waals surface area contributed by atoms with Gasteiger partial charge in [-0.25, -0.2) is 14.2 Å². The Bertz CT molecular complexity index is 1880. The molecule has 45 heavy (non-hydrogen) atoms. The molecule has 2 saturated heterocycles. The average Bonchev–Trinajstić information content (AvgIpc) is 3.65. The number of halogens is 1. The molecule has 0 radical (unpaired) electrons. The van der Waals surface area contributed by atoms with Gasteiger partial charge in [-0.15, -0.1) is 0 Å². The number of hydrogen-bond donors (Lipinski definition) is 0. The Morgan fingerprint density at radius 3 is 2.78 bits per heavy atom. The van der Waals surface area contributed by atoms with Crippen LogP contribution in [0.5, 0.6) is 11.5 Å². The van der Waals surface area contributed by atoms with Gasteiger partial charge in [-0.1, -0.05) is 6.07 Å². The fourth-order valence-electron chi connectivity index (χ4n) is 6.92. The highest BCUT2D eigenvalue weighted by atomic mass is 19.1. The van der Waals surface area contributed by atoms with Crippen LogP contribution in [0.4, 0.5) is 10.1 Å². The molecule has 0 amide bonds.